The van der Waals surface area contributed by atoms with Crippen molar-refractivity contribution in [2.75, 3.05) is 20.4 Å². The van der Waals surface area contributed by atoms with E-state index >= 15 is 0 Å². The van der Waals surface area contributed by atoms with E-state index in [1.807, 2.05) is 0 Å². The molecular formula is C17H18BCl2O3P. The van der Waals surface area contributed by atoms with E-state index < -0.39 is 11.8 Å². The second kappa shape index (κ2) is 10.6. The molecule has 0 bridgehead atoms. The third-order valence-electron chi connectivity index (χ3n) is 2.83. The van der Waals surface area contributed by atoms with Gasteiger partial charge in [0.15, 0.2) is 5.75 Å². The van der Waals surface area contributed by atoms with Crippen LogP contribution in [0.1, 0.15) is 11.4 Å². The molecule has 2 radical (unpaired) electrons. The molecule has 7 heteroatoms. The molecule has 3 nitrogen and oxygen atoms in total. The summed E-state index contributed by atoms with van der Waals surface area (Å²) in [7, 11) is 8.51. The molecule has 1 unspecified atom stereocenters. The summed E-state index contributed by atoms with van der Waals surface area (Å²) < 4.78 is 10.3. The van der Waals surface area contributed by atoms with Crippen LogP contribution in [-0.2, 0) is 4.79 Å². The maximum Gasteiger partial charge on any atom is 0.309 e. The van der Waals surface area contributed by atoms with Crippen LogP contribution in [0.25, 0.3) is 0 Å². The zero-order valence-electron chi connectivity index (χ0n) is 13.7. The molecule has 2 aromatic carbocycles. The number of hydrogen-bond acceptors (Lipinski definition) is 3. The first kappa shape index (κ1) is 20.8. The van der Waals surface area contributed by atoms with E-state index in [9.17, 15) is 4.79 Å². The van der Waals surface area contributed by atoms with Gasteiger partial charge in [0, 0.05) is 5.82 Å². The van der Waals surface area contributed by atoms with Crippen LogP contribution in [0, 0.1) is 0 Å². The second-order valence-corrected chi connectivity index (χ2v) is 6.54. The zero-order chi connectivity index (χ0) is 18.1. The lowest BCUT2D eigenvalue weighted by atomic mass is 9.81. The van der Waals surface area contributed by atoms with Crippen LogP contribution in [0.2, 0.25) is 10.0 Å². The Bertz CT molecular complexity index is 662. The van der Waals surface area contributed by atoms with Gasteiger partial charge in [-0.25, -0.2) is 0 Å². The highest BCUT2D eigenvalue weighted by atomic mass is 35.5. The third kappa shape index (κ3) is 6.01. The lowest BCUT2D eigenvalue weighted by Crippen LogP contribution is -2.19. The SMILES string of the molecule is CPC.[B]C(C(=O)Oc1c(Cl)cccc1Cl)c1cccc(OC)c1. The van der Waals surface area contributed by atoms with E-state index in [0.717, 1.165) is 8.58 Å². The Hall–Kier alpha value is -1.22. The molecule has 2 aromatic rings. The highest BCUT2D eigenvalue weighted by Gasteiger charge is 2.20. The molecule has 0 N–H and O–H groups in total. The number of rotatable bonds is 4. The van der Waals surface area contributed by atoms with Gasteiger partial charge in [-0.1, -0.05) is 41.4 Å². The molecule has 0 spiro atoms. The van der Waals surface area contributed by atoms with E-state index in [-0.39, 0.29) is 15.8 Å². The standard InChI is InChI=1S/C15H11BCl2O3.C2H7P/c1-20-10-5-2-4-9(8-10)13(16)15(19)21-14-11(17)6-3-7-12(14)18;1-3-2/h2-8,13H,1H3;3H,1-2H3. The Labute approximate surface area is 155 Å². The molecule has 126 valence electrons. The number of hydrogen-bond donors (Lipinski definition) is 0. The van der Waals surface area contributed by atoms with Crippen molar-refractivity contribution in [1.82, 2.24) is 0 Å². The summed E-state index contributed by atoms with van der Waals surface area (Å²) in [6.45, 7) is 4.31. The number of benzene rings is 2. The number of esters is 1. The Morgan fingerprint density at radius 3 is 2.21 bits per heavy atom. The minimum atomic E-state index is -0.965. The number of halogens is 2. The van der Waals surface area contributed by atoms with E-state index in [1.165, 1.54) is 7.11 Å². The molecule has 0 saturated carbocycles. The fraction of sp³-hybridized carbons (Fsp3) is 0.235. The van der Waals surface area contributed by atoms with Gasteiger partial charge in [0.1, 0.15) is 5.75 Å². The first-order chi connectivity index (χ1) is 11.4. The van der Waals surface area contributed by atoms with Crippen molar-refractivity contribution in [3.63, 3.8) is 0 Å². The molecule has 0 aliphatic rings. The largest absolute Gasteiger partial charge is 0.497 e. The summed E-state index contributed by atoms with van der Waals surface area (Å²) in [6, 6.07) is 11.7. The number of carbonyl (C=O) groups is 1. The lowest BCUT2D eigenvalue weighted by Gasteiger charge is -2.14. The molecule has 0 saturated heterocycles. The van der Waals surface area contributed by atoms with E-state index in [4.69, 9.17) is 40.5 Å². The molecule has 1 atom stereocenters. The van der Waals surface area contributed by atoms with Gasteiger partial charge in [0.25, 0.3) is 0 Å². The molecule has 0 aromatic heterocycles. The fourth-order valence-electron chi connectivity index (χ4n) is 1.72. The van der Waals surface area contributed by atoms with Gasteiger partial charge in [0.2, 0.25) is 0 Å². The maximum atomic E-state index is 12.1. The van der Waals surface area contributed by atoms with Crippen LogP contribution >= 0.6 is 31.8 Å². The zero-order valence-corrected chi connectivity index (χ0v) is 16.2. The number of carbonyl (C=O) groups excluding carboxylic acids is 1. The topological polar surface area (TPSA) is 35.5 Å². The number of para-hydroxylation sites is 1. The van der Waals surface area contributed by atoms with Crippen molar-refractivity contribution in [3.8, 4) is 11.5 Å². The summed E-state index contributed by atoms with van der Waals surface area (Å²) in [5.74, 6) is -0.915. The van der Waals surface area contributed by atoms with Gasteiger partial charge >= 0.3 is 5.97 Å². The first-order valence-electron chi connectivity index (χ1n) is 7.08. The van der Waals surface area contributed by atoms with Crippen molar-refractivity contribution in [2.45, 2.75) is 5.82 Å². The van der Waals surface area contributed by atoms with Gasteiger partial charge < -0.3 is 9.47 Å². The van der Waals surface area contributed by atoms with Crippen LogP contribution < -0.4 is 9.47 Å². The van der Waals surface area contributed by atoms with Crippen molar-refractivity contribution in [3.05, 3.63) is 58.1 Å². The molecule has 0 heterocycles. The molecule has 0 fully saturated rings. The summed E-state index contributed by atoms with van der Waals surface area (Å²) in [5.41, 5.74) is 0.572. The summed E-state index contributed by atoms with van der Waals surface area (Å²) in [6.07, 6.45) is 0. The van der Waals surface area contributed by atoms with Crippen LogP contribution in [0.15, 0.2) is 42.5 Å². The van der Waals surface area contributed by atoms with Gasteiger partial charge in [-0.3, -0.25) is 4.79 Å². The van der Waals surface area contributed by atoms with Gasteiger partial charge in [-0.2, -0.15) is 0 Å². The van der Waals surface area contributed by atoms with E-state index in [2.05, 4.69) is 13.3 Å². The quantitative estimate of drug-likeness (QED) is 0.331. The monoisotopic (exact) mass is 382 g/mol. The summed E-state index contributed by atoms with van der Waals surface area (Å²) in [4.78, 5) is 12.1. The van der Waals surface area contributed by atoms with E-state index in [0.29, 0.717) is 11.3 Å². The molecule has 2 rings (SSSR count). The minimum Gasteiger partial charge on any atom is -0.497 e. The predicted molar refractivity (Wildman–Crippen MR) is 104 cm³/mol. The van der Waals surface area contributed by atoms with Crippen molar-refractivity contribution >= 4 is 45.6 Å². The number of methoxy groups -OCH3 is 1. The number of ether oxygens (including phenoxy) is 2. The molecule has 24 heavy (non-hydrogen) atoms. The average molecular weight is 383 g/mol. The normalized spacial score (nSPS) is 11.0. The van der Waals surface area contributed by atoms with E-state index in [1.54, 1.807) is 42.5 Å². The van der Waals surface area contributed by atoms with Crippen LogP contribution in [0.5, 0.6) is 11.5 Å². The minimum absolute atomic E-state index is 0.101. The Balaban J connectivity index is 0.000000891. The van der Waals surface area contributed by atoms with Gasteiger partial charge in [-0.15, -0.1) is 8.58 Å². The maximum absolute atomic E-state index is 12.1. The lowest BCUT2D eigenvalue weighted by molar-refractivity contribution is -0.134. The Morgan fingerprint density at radius 2 is 1.67 bits per heavy atom. The van der Waals surface area contributed by atoms with Crippen molar-refractivity contribution in [1.29, 1.82) is 0 Å². The third-order valence-corrected chi connectivity index (χ3v) is 3.42. The second-order valence-electron chi connectivity index (χ2n) is 4.73. The molecule has 0 aliphatic heterocycles. The van der Waals surface area contributed by atoms with Gasteiger partial charge in [-0.05, 0) is 43.2 Å². The fourth-order valence-corrected chi connectivity index (χ4v) is 2.19. The Kier molecular flexibility index (Phi) is 9.21. The predicted octanol–water partition coefficient (Wildman–Crippen LogP) is 4.74. The first-order valence-corrected chi connectivity index (χ1v) is 9.83. The Morgan fingerprint density at radius 1 is 1.12 bits per heavy atom. The summed E-state index contributed by atoms with van der Waals surface area (Å²) in [5, 5.41) is 0.488. The van der Waals surface area contributed by atoms with Crippen LogP contribution in [0.3, 0.4) is 0 Å². The van der Waals surface area contributed by atoms with Crippen molar-refractivity contribution < 1.29 is 14.3 Å². The van der Waals surface area contributed by atoms with Gasteiger partial charge in [0.05, 0.1) is 25.0 Å². The van der Waals surface area contributed by atoms with Crippen LogP contribution in [0.4, 0.5) is 0 Å². The van der Waals surface area contributed by atoms with Crippen LogP contribution in [-0.4, -0.2) is 34.3 Å². The smallest absolute Gasteiger partial charge is 0.309 e. The molecular weight excluding hydrogens is 365 g/mol. The summed E-state index contributed by atoms with van der Waals surface area (Å²) >= 11 is 11.9. The van der Waals surface area contributed by atoms with Crippen molar-refractivity contribution in [2.24, 2.45) is 0 Å². The average Bonchev–Trinajstić information content (AvgIpc) is 2.58. The highest BCUT2D eigenvalue weighted by molar-refractivity contribution is 7.35. The highest BCUT2D eigenvalue weighted by Crippen LogP contribution is 2.33. The molecule has 0 aliphatic carbocycles. The molecule has 0 amide bonds.